The molecule has 114 valence electrons. The number of nitrogens with zero attached hydrogens (tertiary/aromatic N) is 1. The lowest BCUT2D eigenvalue weighted by atomic mass is 9.90. The summed E-state index contributed by atoms with van der Waals surface area (Å²) in [5.41, 5.74) is -0.0364. The summed E-state index contributed by atoms with van der Waals surface area (Å²) in [4.78, 5) is 26.4. The minimum atomic E-state index is -1.04. The van der Waals surface area contributed by atoms with Crippen LogP contribution in [-0.4, -0.2) is 23.4 Å². The first-order chi connectivity index (χ1) is 9.65. The van der Waals surface area contributed by atoms with Crippen LogP contribution in [0.3, 0.4) is 0 Å². The summed E-state index contributed by atoms with van der Waals surface area (Å²) in [7, 11) is 0. The average molecular weight is 292 g/mol. The summed E-state index contributed by atoms with van der Waals surface area (Å²) in [6.07, 6.45) is 0. The Hall–Kier alpha value is -1.91. The standard InChI is InChI=1S/C16H21FN2O2/c1-9(2)13-14(20)18-16(4,5)15(21)19(13)12-8-10(3)6-7-11(12)17/h6-9,13H,1-5H3,(H,18,20). The smallest absolute Gasteiger partial charge is 0.253 e. The van der Waals surface area contributed by atoms with E-state index in [9.17, 15) is 14.0 Å². The SMILES string of the molecule is Cc1ccc(F)c(N2C(=O)C(C)(C)NC(=O)C2C(C)C)c1. The highest BCUT2D eigenvalue weighted by Gasteiger charge is 2.47. The van der Waals surface area contributed by atoms with E-state index in [0.717, 1.165) is 5.56 Å². The largest absolute Gasteiger partial charge is 0.340 e. The number of rotatable bonds is 2. The van der Waals surface area contributed by atoms with Gasteiger partial charge in [-0.05, 0) is 44.4 Å². The lowest BCUT2D eigenvalue weighted by Crippen LogP contribution is -2.69. The van der Waals surface area contributed by atoms with Crippen LogP contribution in [0.4, 0.5) is 10.1 Å². The van der Waals surface area contributed by atoms with Crippen molar-refractivity contribution in [2.24, 2.45) is 5.92 Å². The molecule has 5 heteroatoms. The molecule has 0 aliphatic carbocycles. The highest BCUT2D eigenvalue weighted by atomic mass is 19.1. The maximum atomic E-state index is 14.2. The van der Waals surface area contributed by atoms with Crippen LogP contribution in [0.1, 0.15) is 33.3 Å². The molecule has 1 N–H and O–H groups in total. The van der Waals surface area contributed by atoms with Crippen LogP contribution in [0.15, 0.2) is 18.2 Å². The molecule has 1 saturated heterocycles. The van der Waals surface area contributed by atoms with Crippen LogP contribution in [0, 0.1) is 18.7 Å². The van der Waals surface area contributed by atoms with E-state index in [1.807, 2.05) is 20.8 Å². The van der Waals surface area contributed by atoms with Gasteiger partial charge >= 0.3 is 0 Å². The maximum Gasteiger partial charge on any atom is 0.253 e. The van der Waals surface area contributed by atoms with Crippen molar-refractivity contribution in [3.05, 3.63) is 29.6 Å². The summed E-state index contributed by atoms with van der Waals surface area (Å²) in [5, 5.41) is 2.72. The normalized spacial score (nSPS) is 21.7. The lowest BCUT2D eigenvalue weighted by molar-refractivity contribution is -0.138. The van der Waals surface area contributed by atoms with E-state index >= 15 is 0 Å². The van der Waals surface area contributed by atoms with Crippen LogP contribution in [0.2, 0.25) is 0 Å². The van der Waals surface area contributed by atoms with Gasteiger partial charge in [0.2, 0.25) is 5.91 Å². The Morgan fingerprint density at radius 3 is 2.48 bits per heavy atom. The van der Waals surface area contributed by atoms with Gasteiger partial charge in [-0.3, -0.25) is 14.5 Å². The number of carbonyl (C=O) groups is 2. The van der Waals surface area contributed by atoms with Gasteiger partial charge in [-0.25, -0.2) is 4.39 Å². The Balaban J connectivity index is 2.61. The molecule has 0 aromatic heterocycles. The Kier molecular flexibility index (Phi) is 3.78. The Labute approximate surface area is 124 Å². The van der Waals surface area contributed by atoms with E-state index in [0.29, 0.717) is 0 Å². The molecule has 2 amide bonds. The number of hydrogen-bond donors (Lipinski definition) is 1. The van der Waals surface area contributed by atoms with Crippen molar-refractivity contribution in [2.75, 3.05) is 4.90 Å². The van der Waals surface area contributed by atoms with E-state index < -0.39 is 17.4 Å². The van der Waals surface area contributed by atoms with Crippen LogP contribution >= 0.6 is 0 Å². The third-order valence-electron chi connectivity index (χ3n) is 3.73. The molecule has 1 heterocycles. The number of piperazine rings is 1. The molecule has 1 aliphatic heterocycles. The maximum absolute atomic E-state index is 14.2. The van der Waals surface area contributed by atoms with Crippen molar-refractivity contribution in [3.8, 4) is 0 Å². The van der Waals surface area contributed by atoms with Crippen molar-refractivity contribution >= 4 is 17.5 Å². The molecular formula is C16H21FN2O2. The number of anilines is 1. The van der Waals surface area contributed by atoms with Crippen molar-refractivity contribution in [1.82, 2.24) is 5.32 Å². The number of aryl methyl sites for hydroxylation is 1. The van der Waals surface area contributed by atoms with Gasteiger partial charge in [-0.15, -0.1) is 0 Å². The second-order valence-electron chi connectivity index (χ2n) is 6.43. The van der Waals surface area contributed by atoms with Crippen molar-refractivity contribution in [3.63, 3.8) is 0 Å². The van der Waals surface area contributed by atoms with Crippen LogP contribution in [0.5, 0.6) is 0 Å². The number of amides is 2. The number of carbonyl (C=O) groups excluding carboxylic acids is 2. The Morgan fingerprint density at radius 2 is 1.90 bits per heavy atom. The second-order valence-corrected chi connectivity index (χ2v) is 6.43. The summed E-state index contributed by atoms with van der Waals surface area (Å²) in [6, 6.07) is 3.87. The van der Waals surface area contributed by atoms with Gasteiger partial charge in [0, 0.05) is 0 Å². The topological polar surface area (TPSA) is 49.4 Å². The van der Waals surface area contributed by atoms with Gasteiger partial charge in [-0.1, -0.05) is 19.9 Å². The first-order valence-electron chi connectivity index (χ1n) is 7.07. The molecule has 2 rings (SSSR count). The zero-order valence-corrected chi connectivity index (χ0v) is 13.0. The van der Waals surface area contributed by atoms with Crippen molar-refractivity contribution in [1.29, 1.82) is 0 Å². The molecule has 0 saturated carbocycles. The molecule has 0 spiro atoms. The minimum Gasteiger partial charge on any atom is -0.340 e. The second kappa shape index (κ2) is 5.13. The molecule has 0 bridgehead atoms. The summed E-state index contributed by atoms with van der Waals surface area (Å²) >= 11 is 0. The summed E-state index contributed by atoms with van der Waals surface area (Å²) < 4.78 is 14.2. The summed E-state index contributed by atoms with van der Waals surface area (Å²) in [5.74, 6) is -1.17. The summed E-state index contributed by atoms with van der Waals surface area (Å²) in [6.45, 7) is 8.77. The highest BCUT2D eigenvalue weighted by Crippen LogP contribution is 2.31. The van der Waals surface area contributed by atoms with E-state index in [2.05, 4.69) is 5.32 Å². The van der Waals surface area contributed by atoms with E-state index in [4.69, 9.17) is 0 Å². The fourth-order valence-corrected chi connectivity index (χ4v) is 2.65. The third-order valence-corrected chi connectivity index (χ3v) is 3.73. The zero-order valence-electron chi connectivity index (χ0n) is 13.0. The van der Waals surface area contributed by atoms with Crippen LogP contribution in [-0.2, 0) is 9.59 Å². The molecule has 1 aliphatic rings. The molecule has 1 aromatic carbocycles. The Bertz CT molecular complexity index is 596. The number of halogens is 1. The van der Waals surface area contributed by atoms with Gasteiger partial charge in [-0.2, -0.15) is 0 Å². The molecule has 1 fully saturated rings. The fourth-order valence-electron chi connectivity index (χ4n) is 2.65. The first-order valence-corrected chi connectivity index (χ1v) is 7.07. The van der Waals surface area contributed by atoms with Crippen molar-refractivity contribution in [2.45, 2.75) is 46.2 Å². The van der Waals surface area contributed by atoms with E-state index in [-0.39, 0.29) is 23.4 Å². The molecule has 1 unspecified atom stereocenters. The van der Waals surface area contributed by atoms with Gasteiger partial charge in [0.25, 0.3) is 5.91 Å². The minimum absolute atomic E-state index is 0.120. The fraction of sp³-hybridized carbons (Fsp3) is 0.500. The molecule has 4 nitrogen and oxygen atoms in total. The van der Waals surface area contributed by atoms with E-state index in [1.54, 1.807) is 26.0 Å². The predicted octanol–water partition coefficient (Wildman–Crippen LogP) is 2.40. The van der Waals surface area contributed by atoms with Crippen molar-refractivity contribution < 1.29 is 14.0 Å². The van der Waals surface area contributed by atoms with Crippen LogP contribution in [0.25, 0.3) is 0 Å². The number of nitrogens with one attached hydrogen (secondary N) is 1. The predicted molar refractivity (Wildman–Crippen MR) is 79.5 cm³/mol. The monoisotopic (exact) mass is 292 g/mol. The van der Waals surface area contributed by atoms with Gasteiger partial charge < -0.3 is 5.32 Å². The molecule has 21 heavy (non-hydrogen) atoms. The first kappa shape index (κ1) is 15.5. The third kappa shape index (κ3) is 2.64. The number of hydrogen-bond acceptors (Lipinski definition) is 2. The molecule has 1 aromatic rings. The van der Waals surface area contributed by atoms with Crippen LogP contribution < -0.4 is 10.2 Å². The highest BCUT2D eigenvalue weighted by molar-refractivity contribution is 6.10. The molecule has 1 atom stereocenters. The molecule has 0 radical (unpaired) electrons. The zero-order chi connectivity index (χ0) is 15.9. The van der Waals surface area contributed by atoms with E-state index in [1.165, 1.54) is 11.0 Å². The quantitative estimate of drug-likeness (QED) is 0.910. The van der Waals surface area contributed by atoms with Gasteiger partial charge in [0.15, 0.2) is 0 Å². The average Bonchev–Trinajstić information content (AvgIpc) is 2.35. The lowest BCUT2D eigenvalue weighted by Gasteiger charge is -2.44. The molecular weight excluding hydrogens is 271 g/mol. The Morgan fingerprint density at radius 1 is 1.29 bits per heavy atom. The number of benzene rings is 1. The van der Waals surface area contributed by atoms with Gasteiger partial charge in [0.1, 0.15) is 17.4 Å². The van der Waals surface area contributed by atoms with Gasteiger partial charge in [0.05, 0.1) is 5.69 Å².